The molecule has 1 aromatic heterocycles. The van der Waals surface area contributed by atoms with Gasteiger partial charge in [0.05, 0.1) is 29.4 Å². The van der Waals surface area contributed by atoms with Crippen LogP contribution in [0.2, 0.25) is 0 Å². The summed E-state index contributed by atoms with van der Waals surface area (Å²) in [6.45, 7) is 4.18. The van der Waals surface area contributed by atoms with E-state index in [1.807, 2.05) is 36.9 Å². The van der Waals surface area contributed by atoms with Crippen molar-refractivity contribution in [3.05, 3.63) is 39.9 Å². The summed E-state index contributed by atoms with van der Waals surface area (Å²) in [7, 11) is 0. The Morgan fingerprint density at radius 1 is 1.40 bits per heavy atom. The number of nitrogens with one attached hydrogen (secondary N) is 1. The zero-order valence-electron chi connectivity index (χ0n) is 14.4. The molecule has 1 aliphatic rings. The van der Waals surface area contributed by atoms with E-state index >= 15 is 0 Å². The molecule has 0 bridgehead atoms. The van der Waals surface area contributed by atoms with E-state index in [1.54, 1.807) is 0 Å². The molecule has 0 aliphatic carbocycles. The third-order valence-electron chi connectivity index (χ3n) is 4.66. The lowest BCUT2D eigenvalue weighted by Gasteiger charge is -2.32. The molecule has 0 radical (unpaired) electrons. The van der Waals surface area contributed by atoms with Crippen LogP contribution in [0.4, 0.5) is 0 Å². The molecule has 1 fully saturated rings. The molecule has 0 amide bonds. The first-order valence-electron chi connectivity index (χ1n) is 8.68. The molecule has 1 saturated heterocycles. The van der Waals surface area contributed by atoms with Gasteiger partial charge in [-0.25, -0.2) is 4.98 Å². The highest BCUT2D eigenvalue weighted by Crippen LogP contribution is 2.26. The van der Waals surface area contributed by atoms with Gasteiger partial charge in [-0.05, 0) is 44.5 Å². The minimum absolute atomic E-state index is 0.0721. The molecule has 0 saturated carbocycles. The lowest BCUT2D eigenvalue weighted by Crippen LogP contribution is -2.40. The van der Waals surface area contributed by atoms with Gasteiger partial charge in [0.15, 0.2) is 0 Å². The van der Waals surface area contributed by atoms with Crippen molar-refractivity contribution >= 4 is 22.7 Å². The topological polar surface area (TPSA) is 89.5 Å². The molecule has 3 rings (SSSR count). The zero-order valence-corrected chi connectivity index (χ0v) is 15.3. The SMILES string of the molecule is Cc1cccc2c(=O)[nH]c(CSC3CCN(C[C@@H](O)CO)CC3)nc12. The van der Waals surface area contributed by atoms with E-state index in [0.717, 1.165) is 42.8 Å². The number of para-hydroxylation sites is 1. The number of rotatable bonds is 6. The molecule has 136 valence electrons. The summed E-state index contributed by atoms with van der Waals surface area (Å²) in [5.41, 5.74) is 1.73. The highest BCUT2D eigenvalue weighted by Gasteiger charge is 2.21. The number of thioether (sulfide) groups is 1. The fourth-order valence-electron chi connectivity index (χ4n) is 3.23. The number of aliphatic hydroxyl groups excluding tert-OH is 2. The monoisotopic (exact) mass is 363 g/mol. The van der Waals surface area contributed by atoms with Gasteiger partial charge in [0.2, 0.25) is 0 Å². The summed E-state index contributed by atoms with van der Waals surface area (Å²) in [6.07, 6.45) is 1.43. The van der Waals surface area contributed by atoms with Crippen LogP contribution in [-0.4, -0.2) is 62.7 Å². The largest absolute Gasteiger partial charge is 0.394 e. The third-order valence-corrected chi connectivity index (χ3v) is 6.04. The molecular weight excluding hydrogens is 338 g/mol. The van der Waals surface area contributed by atoms with Crippen LogP contribution in [0, 0.1) is 6.92 Å². The molecule has 1 aromatic carbocycles. The molecule has 25 heavy (non-hydrogen) atoms. The Bertz CT molecular complexity index is 772. The molecule has 2 aromatic rings. The number of nitrogens with zero attached hydrogens (tertiary/aromatic N) is 2. The Morgan fingerprint density at radius 3 is 2.88 bits per heavy atom. The Kier molecular flexibility index (Phi) is 6.11. The maximum atomic E-state index is 12.2. The minimum Gasteiger partial charge on any atom is -0.394 e. The highest BCUT2D eigenvalue weighted by atomic mass is 32.2. The first-order chi connectivity index (χ1) is 12.1. The van der Waals surface area contributed by atoms with Crippen LogP contribution < -0.4 is 5.56 Å². The van der Waals surface area contributed by atoms with Crippen LogP contribution in [0.5, 0.6) is 0 Å². The van der Waals surface area contributed by atoms with Gasteiger partial charge in [0.1, 0.15) is 5.82 Å². The number of H-pyrrole nitrogens is 1. The normalized spacial score (nSPS) is 17.9. The first kappa shape index (κ1) is 18.4. The van der Waals surface area contributed by atoms with Crippen LogP contribution >= 0.6 is 11.8 Å². The van der Waals surface area contributed by atoms with Crippen LogP contribution in [0.1, 0.15) is 24.2 Å². The van der Waals surface area contributed by atoms with Crippen LogP contribution in [0.3, 0.4) is 0 Å². The first-order valence-corrected chi connectivity index (χ1v) is 9.73. The maximum Gasteiger partial charge on any atom is 0.258 e. The highest BCUT2D eigenvalue weighted by molar-refractivity contribution is 7.99. The lowest BCUT2D eigenvalue weighted by atomic mass is 10.1. The average Bonchev–Trinajstić information content (AvgIpc) is 2.62. The zero-order chi connectivity index (χ0) is 17.8. The fraction of sp³-hybridized carbons (Fsp3) is 0.556. The Balaban J connectivity index is 1.57. The van der Waals surface area contributed by atoms with Gasteiger partial charge >= 0.3 is 0 Å². The fourth-order valence-corrected chi connectivity index (χ4v) is 4.31. The average molecular weight is 363 g/mol. The van der Waals surface area contributed by atoms with Crippen molar-refractivity contribution in [3.63, 3.8) is 0 Å². The molecule has 1 atom stereocenters. The summed E-state index contributed by atoms with van der Waals surface area (Å²) in [6, 6.07) is 5.66. The van der Waals surface area contributed by atoms with Crippen molar-refractivity contribution in [1.82, 2.24) is 14.9 Å². The molecule has 0 spiro atoms. The van der Waals surface area contributed by atoms with E-state index < -0.39 is 6.10 Å². The number of hydrogen-bond acceptors (Lipinski definition) is 6. The summed E-state index contributed by atoms with van der Waals surface area (Å²) < 4.78 is 0. The Labute approximate surface area is 151 Å². The molecule has 7 heteroatoms. The standard InChI is InChI=1S/C18H25N3O3S/c1-12-3-2-4-15-17(12)19-16(20-18(15)24)11-25-14-5-7-21(8-6-14)9-13(23)10-22/h2-4,13-14,22-23H,5-11H2,1H3,(H,19,20,24)/t13-/m1/s1. The quantitative estimate of drug-likeness (QED) is 0.716. The molecule has 1 aliphatic heterocycles. The number of likely N-dealkylation sites (tertiary alicyclic amines) is 1. The number of aryl methyl sites for hydroxylation is 1. The van der Waals surface area contributed by atoms with E-state index in [4.69, 9.17) is 5.11 Å². The predicted molar refractivity (Wildman–Crippen MR) is 101 cm³/mol. The van der Waals surface area contributed by atoms with Crippen molar-refractivity contribution < 1.29 is 10.2 Å². The summed E-state index contributed by atoms with van der Waals surface area (Å²) in [4.78, 5) is 22.0. The third kappa shape index (κ3) is 4.61. The number of β-amino-alcohol motifs (C(OH)–C–C–N with tert-alkyl or cyclic N) is 1. The van der Waals surface area contributed by atoms with Gasteiger partial charge in [-0.3, -0.25) is 4.79 Å². The summed E-state index contributed by atoms with van der Waals surface area (Å²) >= 11 is 1.83. The van der Waals surface area contributed by atoms with Crippen molar-refractivity contribution in [2.24, 2.45) is 0 Å². The van der Waals surface area contributed by atoms with Gasteiger partial charge in [-0.1, -0.05) is 12.1 Å². The van der Waals surface area contributed by atoms with Crippen LogP contribution in [0.25, 0.3) is 10.9 Å². The summed E-state index contributed by atoms with van der Waals surface area (Å²) in [5, 5.41) is 19.6. The van der Waals surface area contributed by atoms with Gasteiger partial charge < -0.3 is 20.1 Å². The number of hydrogen-bond donors (Lipinski definition) is 3. The van der Waals surface area contributed by atoms with Gasteiger partial charge in [0, 0.05) is 11.8 Å². The van der Waals surface area contributed by atoms with Gasteiger partial charge in [-0.2, -0.15) is 11.8 Å². The smallest absolute Gasteiger partial charge is 0.258 e. The number of fused-ring (bicyclic) bond motifs is 1. The number of benzene rings is 1. The molecule has 0 unspecified atom stereocenters. The van der Waals surface area contributed by atoms with Crippen LogP contribution in [-0.2, 0) is 5.75 Å². The van der Waals surface area contributed by atoms with E-state index in [-0.39, 0.29) is 12.2 Å². The van der Waals surface area contributed by atoms with Gasteiger partial charge in [-0.15, -0.1) is 0 Å². The number of aromatic nitrogens is 2. The van der Waals surface area contributed by atoms with Gasteiger partial charge in [0.25, 0.3) is 5.56 Å². The second-order valence-corrected chi connectivity index (χ2v) is 7.92. The van der Waals surface area contributed by atoms with Crippen molar-refractivity contribution in [2.45, 2.75) is 36.9 Å². The van der Waals surface area contributed by atoms with E-state index in [1.165, 1.54) is 0 Å². The van der Waals surface area contributed by atoms with E-state index in [9.17, 15) is 9.90 Å². The molecule has 3 N–H and O–H groups in total. The maximum absolute atomic E-state index is 12.2. The lowest BCUT2D eigenvalue weighted by molar-refractivity contribution is 0.0539. The second-order valence-electron chi connectivity index (χ2n) is 6.63. The summed E-state index contributed by atoms with van der Waals surface area (Å²) in [5.74, 6) is 1.43. The predicted octanol–water partition coefficient (Wildman–Crippen LogP) is 1.28. The second kappa shape index (κ2) is 8.31. The molecular formula is C18H25N3O3S. The number of aromatic amines is 1. The molecule has 6 nitrogen and oxygen atoms in total. The molecule has 2 heterocycles. The van der Waals surface area contributed by atoms with E-state index in [2.05, 4.69) is 14.9 Å². The van der Waals surface area contributed by atoms with Crippen molar-refractivity contribution in [3.8, 4) is 0 Å². The Hall–Kier alpha value is -1.41. The van der Waals surface area contributed by atoms with Crippen LogP contribution in [0.15, 0.2) is 23.0 Å². The van der Waals surface area contributed by atoms with E-state index in [0.29, 0.717) is 22.9 Å². The number of aliphatic hydroxyl groups is 2. The number of piperidine rings is 1. The van der Waals surface area contributed by atoms with Crippen molar-refractivity contribution in [1.29, 1.82) is 0 Å². The minimum atomic E-state index is -0.653. The van der Waals surface area contributed by atoms with Crippen molar-refractivity contribution in [2.75, 3.05) is 26.2 Å². The Morgan fingerprint density at radius 2 is 2.16 bits per heavy atom.